The lowest BCUT2D eigenvalue weighted by Gasteiger charge is -2.01. The molecule has 1 heterocycles. The minimum Gasteiger partial charge on any atom is -0.326 e. The molecule has 0 atom stereocenters. The zero-order chi connectivity index (χ0) is 11.0. The van der Waals surface area contributed by atoms with Crippen molar-refractivity contribution < 1.29 is 4.79 Å². The van der Waals surface area contributed by atoms with Crippen molar-refractivity contribution in [3.8, 4) is 0 Å². The summed E-state index contributed by atoms with van der Waals surface area (Å²) in [4.78, 5) is 12.3. The molecule has 0 bridgehead atoms. The van der Waals surface area contributed by atoms with Gasteiger partial charge in [0.15, 0.2) is 0 Å². The maximum absolute atomic E-state index is 10.9. The minimum absolute atomic E-state index is 0.0287. The van der Waals surface area contributed by atoms with Crippen molar-refractivity contribution in [2.75, 3.05) is 5.32 Å². The largest absolute Gasteiger partial charge is 0.326 e. The summed E-state index contributed by atoms with van der Waals surface area (Å²) in [5.41, 5.74) is 2.18. The number of anilines is 1. The molecule has 1 aromatic carbocycles. The number of aryl methyl sites for hydroxylation is 2. The molecule has 2 nitrogen and oxygen atoms in total. The smallest absolute Gasteiger partial charge is 0.221 e. The summed E-state index contributed by atoms with van der Waals surface area (Å²) in [5.74, 6) is -0.0287. The van der Waals surface area contributed by atoms with Crippen LogP contribution in [0, 0.1) is 13.8 Å². The molecule has 0 spiro atoms. The standard InChI is InChI=1S/C12H13NOS/c1-7-8(2)15-12-5-4-10(6-11(7)12)13-9(3)14/h4-6H,1-3H3,(H,13,14). The summed E-state index contributed by atoms with van der Waals surface area (Å²) >= 11 is 1.79. The lowest BCUT2D eigenvalue weighted by atomic mass is 10.1. The fourth-order valence-electron chi connectivity index (χ4n) is 1.62. The number of carbonyl (C=O) groups is 1. The zero-order valence-corrected chi connectivity index (χ0v) is 9.87. The SMILES string of the molecule is CC(=O)Nc1ccc2sc(C)c(C)c2c1. The van der Waals surface area contributed by atoms with Crippen LogP contribution in [0.4, 0.5) is 5.69 Å². The van der Waals surface area contributed by atoms with Crippen molar-refractivity contribution in [2.45, 2.75) is 20.8 Å². The molecule has 0 aliphatic heterocycles. The van der Waals surface area contributed by atoms with E-state index in [0.717, 1.165) is 5.69 Å². The zero-order valence-electron chi connectivity index (χ0n) is 9.05. The highest BCUT2D eigenvalue weighted by molar-refractivity contribution is 7.19. The van der Waals surface area contributed by atoms with Gasteiger partial charge in [0.1, 0.15) is 0 Å². The highest BCUT2D eigenvalue weighted by Crippen LogP contribution is 2.31. The van der Waals surface area contributed by atoms with E-state index in [0.29, 0.717) is 0 Å². The molecule has 2 aromatic rings. The molecule has 1 N–H and O–H groups in total. The number of rotatable bonds is 1. The third kappa shape index (κ3) is 1.88. The van der Waals surface area contributed by atoms with E-state index < -0.39 is 0 Å². The van der Waals surface area contributed by atoms with Gasteiger partial charge in [-0.3, -0.25) is 4.79 Å². The van der Waals surface area contributed by atoms with E-state index >= 15 is 0 Å². The van der Waals surface area contributed by atoms with Crippen LogP contribution < -0.4 is 5.32 Å². The van der Waals surface area contributed by atoms with Crippen molar-refractivity contribution in [1.82, 2.24) is 0 Å². The van der Waals surface area contributed by atoms with Crippen LogP contribution >= 0.6 is 11.3 Å². The van der Waals surface area contributed by atoms with Crippen molar-refractivity contribution in [1.29, 1.82) is 0 Å². The normalized spacial score (nSPS) is 10.6. The third-order valence-electron chi connectivity index (χ3n) is 2.50. The number of amides is 1. The highest BCUT2D eigenvalue weighted by Gasteiger charge is 2.05. The van der Waals surface area contributed by atoms with Crippen LogP contribution in [0.2, 0.25) is 0 Å². The number of nitrogens with one attached hydrogen (secondary N) is 1. The van der Waals surface area contributed by atoms with E-state index in [9.17, 15) is 4.79 Å². The topological polar surface area (TPSA) is 29.1 Å². The van der Waals surface area contributed by atoms with E-state index in [4.69, 9.17) is 0 Å². The van der Waals surface area contributed by atoms with Crippen LogP contribution in [-0.2, 0) is 4.79 Å². The summed E-state index contributed by atoms with van der Waals surface area (Å²) in [5, 5.41) is 4.04. The van der Waals surface area contributed by atoms with Crippen LogP contribution in [0.5, 0.6) is 0 Å². The molecule has 0 fully saturated rings. The molecule has 2 rings (SSSR count). The average Bonchev–Trinajstić information content (AvgIpc) is 2.43. The van der Waals surface area contributed by atoms with E-state index in [1.165, 1.54) is 27.5 Å². The minimum atomic E-state index is -0.0287. The van der Waals surface area contributed by atoms with Crippen LogP contribution in [0.1, 0.15) is 17.4 Å². The molecule has 0 saturated heterocycles. The molecule has 78 valence electrons. The lowest BCUT2D eigenvalue weighted by molar-refractivity contribution is -0.114. The van der Waals surface area contributed by atoms with E-state index in [1.807, 2.05) is 12.1 Å². The maximum Gasteiger partial charge on any atom is 0.221 e. The van der Waals surface area contributed by atoms with Crippen molar-refractivity contribution in [3.05, 3.63) is 28.6 Å². The summed E-state index contributed by atoms with van der Waals surface area (Å²) in [6, 6.07) is 6.04. The molecule has 0 radical (unpaired) electrons. The Balaban J connectivity index is 2.54. The van der Waals surface area contributed by atoms with Gasteiger partial charge in [-0.15, -0.1) is 11.3 Å². The van der Waals surface area contributed by atoms with E-state index in [-0.39, 0.29) is 5.91 Å². The Morgan fingerprint density at radius 1 is 1.33 bits per heavy atom. The molecule has 0 aliphatic rings. The molecule has 3 heteroatoms. The number of hydrogen-bond acceptors (Lipinski definition) is 2. The lowest BCUT2D eigenvalue weighted by Crippen LogP contribution is -2.05. The fourth-order valence-corrected chi connectivity index (χ4v) is 2.68. The first-order chi connectivity index (χ1) is 7.08. The van der Waals surface area contributed by atoms with Crippen LogP contribution in [0.15, 0.2) is 18.2 Å². The Labute approximate surface area is 92.9 Å². The van der Waals surface area contributed by atoms with E-state index in [2.05, 4.69) is 25.2 Å². The molecule has 0 unspecified atom stereocenters. The van der Waals surface area contributed by atoms with Gasteiger partial charge in [-0.1, -0.05) is 0 Å². The predicted octanol–water partition coefficient (Wildman–Crippen LogP) is 3.48. The number of benzene rings is 1. The second-order valence-electron chi connectivity index (χ2n) is 3.68. The number of carbonyl (C=O) groups excluding carboxylic acids is 1. The second-order valence-corrected chi connectivity index (χ2v) is 4.93. The van der Waals surface area contributed by atoms with Gasteiger partial charge < -0.3 is 5.32 Å². The molecule has 0 aliphatic carbocycles. The van der Waals surface area contributed by atoms with Crippen LogP contribution in [0.3, 0.4) is 0 Å². The van der Waals surface area contributed by atoms with Gasteiger partial charge in [0.25, 0.3) is 0 Å². The Morgan fingerprint density at radius 3 is 2.73 bits per heavy atom. The van der Waals surface area contributed by atoms with Gasteiger partial charge in [0.2, 0.25) is 5.91 Å². The predicted molar refractivity (Wildman–Crippen MR) is 65.6 cm³/mol. The summed E-state index contributed by atoms with van der Waals surface area (Å²) in [7, 11) is 0. The van der Waals surface area contributed by atoms with Crippen molar-refractivity contribution >= 4 is 33.0 Å². The van der Waals surface area contributed by atoms with E-state index in [1.54, 1.807) is 11.3 Å². The van der Waals surface area contributed by atoms with Crippen molar-refractivity contribution in [2.24, 2.45) is 0 Å². The monoisotopic (exact) mass is 219 g/mol. The summed E-state index contributed by atoms with van der Waals surface area (Å²) in [6.07, 6.45) is 0. The van der Waals surface area contributed by atoms with Crippen LogP contribution in [-0.4, -0.2) is 5.91 Å². The van der Waals surface area contributed by atoms with Gasteiger partial charge in [0, 0.05) is 22.2 Å². The molecule has 15 heavy (non-hydrogen) atoms. The molecular formula is C12H13NOS. The van der Waals surface area contributed by atoms with Gasteiger partial charge in [-0.2, -0.15) is 0 Å². The summed E-state index contributed by atoms with van der Waals surface area (Å²) in [6.45, 7) is 5.76. The Kier molecular flexibility index (Phi) is 2.49. The van der Waals surface area contributed by atoms with Gasteiger partial charge in [-0.05, 0) is 43.0 Å². The summed E-state index contributed by atoms with van der Waals surface area (Å²) < 4.78 is 1.28. The second kappa shape index (κ2) is 3.66. The molecule has 0 saturated carbocycles. The molecule has 1 amide bonds. The van der Waals surface area contributed by atoms with Gasteiger partial charge in [0.05, 0.1) is 0 Å². The molecular weight excluding hydrogens is 206 g/mol. The highest BCUT2D eigenvalue weighted by atomic mass is 32.1. The average molecular weight is 219 g/mol. The third-order valence-corrected chi connectivity index (χ3v) is 3.68. The number of hydrogen-bond donors (Lipinski definition) is 1. The quantitative estimate of drug-likeness (QED) is 0.781. The number of thiophene rings is 1. The van der Waals surface area contributed by atoms with Crippen molar-refractivity contribution in [3.63, 3.8) is 0 Å². The Morgan fingerprint density at radius 2 is 2.07 bits per heavy atom. The Bertz CT molecular complexity index is 528. The molecule has 1 aromatic heterocycles. The first kappa shape index (κ1) is 10.2. The first-order valence-corrected chi connectivity index (χ1v) is 5.67. The Hall–Kier alpha value is -1.35. The fraction of sp³-hybridized carbons (Fsp3) is 0.250. The van der Waals surface area contributed by atoms with Crippen LogP contribution in [0.25, 0.3) is 10.1 Å². The maximum atomic E-state index is 10.9. The van der Waals surface area contributed by atoms with Gasteiger partial charge >= 0.3 is 0 Å². The van der Waals surface area contributed by atoms with Gasteiger partial charge in [-0.25, -0.2) is 0 Å². The first-order valence-electron chi connectivity index (χ1n) is 4.85. The number of fused-ring (bicyclic) bond motifs is 1.